The van der Waals surface area contributed by atoms with Crippen molar-refractivity contribution in [3.63, 3.8) is 0 Å². The van der Waals surface area contributed by atoms with Gasteiger partial charge in [-0.3, -0.25) is 13.7 Å². The molecule has 0 unspecified atom stereocenters. The third-order valence-electron chi connectivity index (χ3n) is 3.83. The fraction of sp³-hybridized carbons (Fsp3) is 1.00. The Hall–Kier alpha value is 0.450. The van der Waals surface area contributed by atoms with Gasteiger partial charge in [0.25, 0.3) is 0 Å². The van der Waals surface area contributed by atoms with Crippen LogP contribution in [0.25, 0.3) is 0 Å². The number of rotatable bonds is 3. The van der Waals surface area contributed by atoms with Crippen molar-refractivity contribution in [2.24, 2.45) is 0 Å². The standard InChI is InChI=1S/C9H27N6O3P3/c1-10(2)19(16)13(7)20(17,11(3)4)15(9)21(18,12(5)6)14(19)8/h1-9H3. The lowest BCUT2D eigenvalue weighted by Crippen LogP contribution is -2.47. The molecular weight excluding hydrogens is 333 g/mol. The average Bonchev–Trinajstić information content (AvgIpc) is 2.39. The molecule has 0 aromatic rings. The molecule has 0 aromatic heterocycles. The Morgan fingerprint density at radius 2 is 0.667 bits per heavy atom. The number of hydrogen-bond acceptors (Lipinski definition) is 3. The molecule has 0 atom stereocenters. The van der Waals surface area contributed by atoms with Gasteiger partial charge in [0.15, 0.2) is 0 Å². The molecule has 0 radical (unpaired) electrons. The fourth-order valence-corrected chi connectivity index (χ4v) is 16.1. The van der Waals surface area contributed by atoms with Crippen LogP contribution in [0.2, 0.25) is 0 Å². The molecule has 0 aromatic carbocycles. The van der Waals surface area contributed by atoms with Gasteiger partial charge in [0, 0.05) is 21.1 Å². The normalized spacial score (nSPS) is 40.6. The summed E-state index contributed by atoms with van der Waals surface area (Å²) < 4.78 is 49.2. The molecule has 1 saturated heterocycles. The third kappa shape index (κ3) is 2.35. The van der Waals surface area contributed by atoms with E-state index in [1.807, 2.05) is 0 Å². The van der Waals surface area contributed by atoms with Crippen molar-refractivity contribution in [1.29, 1.82) is 0 Å². The molecule has 1 aliphatic rings. The van der Waals surface area contributed by atoms with E-state index in [-0.39, 0.29) is 0 Å². The molecule has 0 amide bonds. The lowest BCUT2D eigenvalue weighted by atomic mass is 11.3. The van der Waals surface area contributed by atoms with E-state index in [2.05, 4.69) is 0 Å². The lowest BCUT2D eigenvalue weighted by Gasteiger charge is -2.55. The molecule has 1 aliphatic heterocycles. The highest BCUT2D eigenvalue weighted by molar-refractivity contribution is 7.86. The molecule has 12 heteroatoms. The van der Waals surface area contributed by atoms with Crippen molar-refractivity contribution < 1.29 is 13.7 Å². The molecule has 0 saturated carbocycles. The summed E-state index contributed by atoms with van der Waals surface area (Å²) in [6, 6.07) is 0. The Kier molecular flexibility index (Phi) is 5.41. The van der Waals surface area contributed by atoms with E-state index in [1.165, 1.54) is 27.3 Å². The summed E-state index contributed by atoms with van der Waals surface area (Å²) in [4.78, 5) is 0. The second kappa shape index (κ2) is 5.82. The van der Waals surface area contributed by atoms with Crippen LogP contribution in [0.1, 0.15) is 0 Å². The summed E-state index contributed by atoms with van der Waals surface area (Å²) in [5.41, 5.74) is 0. The summed E-state index contributed by atoms with van der Waals surface area (Å²) in [7, 11) is 4.26. The van der Waals surface area contributed by atoms with Crippen molar-refractivity contribution in [1.82, 2.24) is 27.3 Å². The zero-order valence-electron chi connectivity index (χ0n) is 14.2. The molecule has 0 spiro atoms. The maximum Gasteiger partial charge on any atom is 0.301 e. The van der Waals surface area contributed by atoms with Crippen LogP contribution in [0.5, 0.6) is 0 Å². The Balaban J connectivity index is 3.75. The monoisotopic (exact) mass is 360 g/mol. The molecule has 21 heavy (non-hydrogen) atoms. The minimum Gasteiger partial charge on any atom is -0.269 e. The zero-order valence-corrected chi connectivity index (χ0v) is 16.9. The molecule has 1 heterocycles. The Morgan fingerprint density at radius 1 is 0.524 bits per heavy atom. The minimum atomic E-state index is -3.41. The van der Waals surface area contributed by atoms with Crippen LogP contribution in [0, 0.1) is 0 Å². The molecular formula is C9H27N6O3P3. The van der Waals surface area contributed by atoms with Gasteiger partial charge in [0.1, 0.15) is 0 Å². The first kappa shape index (κ1) is 19.5. The summed E-state index contributed by atoms with van der Waals surface area (Å²) in [6.07, 6.45) is 0. The molecule has 0 bridgehead atoms. The summed E-state index contributed by atoms with van der Waals surface area (Å²) >= 11 is 0. The second-order valence-electron chi connectivity index (χ2n) is 5.55. The van der Waals surface area contributed by atoms with Gasteiger partial charge in [0.2, 0.25) is 0 Å². The van der Waals surface area contributed by atoms with E-state index >= 15 is 0 Å². The van der Waals surface area contributed by atoms with Crippen molar-refractivity contribution in [2.75, 3.05) is 63.4 Å². The highest BCUT2D eigenvalue weighted by atomic mass is 31.3. The first-order valence-corrected chi connectivity index (χ1v) is 11.1. The van der Waals surface area contributed by atoms with Gasteiger partial charge >= 0.3 is 22.8 Å². The van der Waals surface area contributed by atoms with Gasteiger partial charge in [-0.15, -0.1) is 0 Å². The van der Waals surface area contributed by atoms with Gasteiger partial charge in [-0.2, -0.15) is 13.3 Å². The highest BCUT2D eigenvalue weighted by Crippen LogP contribution is 2.85. The van der Waals surface area contributed by atoms with Crippen LogP contribution in [0.4, 0.5) is 0 Å². The molecule has 9 nitrogen and oxygen atoms in total. The van der Waals surface area contributed by atoms with Crippen molar-refractivity contribution in [3.8, 4) is 0 Å². The van der Waals surface area contributed by atoms with E-state index in [0.29, 0.717) is 0 Å². The number of nitrogens with zero attached hydrogens (tertiary/aromatic N) is 6. The Bertz CT molecular complexity index is 451. The quantitative estimate of drug-likeness (QED) is 0.701. The van der Waals surface area contributed by atoms with E-state index in [9.17, 15) is 13.7 Å². The predicted molar refractivity (Wildman–Crippen MR) is 87.2 cm³/mol. The molecule has 0 N–H and O–H groups in total. The topological polar surface area (TPSA) is 70.7 Å². The predicted octanol–water partition coefficient (Wildman–Crippen LogP) is 1.80. The first-order valence-electron chi connectivity index (χ1n) is 6.37. The second-order valence-corrected chi connectivity index (χ2v) is 15.6. The van der Waals surface area contributed by atoms with Crippen molar-refractivity contribution >= 4 is 22.8 Å². The van der Waals surface area contributed by atoms with Gasteiger partial charge in [-0.25, -0.2) is 14.0 Å². The van der Waals surface area contributed by atoms with Crippen molar-refractivity contribution in [3.05, 3.63) is 0 Å². The van der Waals surface area contributed by atoms with Crippen LogP contribution < -0.4 is 0 Å². The molecule has 1 rings (SSSR count). The molecule has 0 aliphatic carbocycles. The summed E-state index contributed by atoms with van der Waals surface area (Å²) in [6.45, 7) is 0. The van der Waals surface area contributed by atoms with Crippen LogP contribution in [0.3, 0.4) is 0 Å². The fourth-order valence-electron chi connectivity index (χ4n) is 2.57. The van der Waals surface area contributed by atoms with Gasteiger partial charge < -0.3 is 0 Å². The minimum absolute atomic E-state index is 1.36. The summed E-state index contributed by atoms with van der Waals surface area (Å²) in [5.74, 6) is 0. The van der Waals surface area contributed by atoms with Crippen LogP contribution >= 0.6 is 22.8 Å². The van der Waals surface area contributed by atoms with Crippen LogP contribution in [-0.2, 0) is 13.7 Å². The maximum atomic E-state index is 13.5. The smallest absolute Gasteiger partial charge is 0.269 e. The van der Waals surface area contributed by atoms with E-state index in [1.54, 1.807) is 63.4 Å². The van der Waals surface area contributed by atoms with Gasteiger partial charge in [-0.1, -0.05) is 0 Å². The van der Waals surface area contributed by atoms with E-state index in [4.69, 9.17) is 0 Å². The average molecular weight is 360 g/mol. The Morgan fingerprint density at radius 3 is 0.762 bits per heavy atom. The largest absolute Gasteiger partial charge is 0.301 e. The highest BCUT2D eigenvalue weighted by Gasteiger charge is 2.63. The third-order valence-corrected chi connectivity index (χ3v) is 15.7. The van der Waals surface area contributed by atoms with Crippen LogP contribution in [0.15, 0.2) is 0 Å². The van der Waals surface area contributed by atoms with Crippen LogP contribution in [-0.4, -0.2) is 90.8 Å². The van der Waals surface area contributed by atoms with Gasteiger partial charge in [0.05, 0.1) is 0 Å². The Labute approximate surface area is 128 Å². The lowest BCUT2D eigenvalue weighted by molar-refractivity contribution is 0.339. The van der Waals surface area contributed by atoms with E-state index < -0.39 is 22.8 Å². The van der Waals surface area contributed by atoms with E-state index in [0.717, 1.165) is 0 Å². The first-order chi connectivity index (χ1) is 9.29. The zero-order chi connectivity index (χ0) is 17.0. The molecule has 126 valence electrons. The summed E-state index contributed by atoms with van der Waals surface area (Å²) in [5, 5.41) is 0. The SMILES string of the molecule is CN(C)P1(=O)N(C)P(=O)(N(C)C)N(C)P(=O)(N(C)C)N1C. The van der Waals surface area contributed by atoms with Crippen molar-refractivity contribution in [2.45, 2.75) is 0 Å². The maximum absolute atomic E-state index is 13.5. The number of hydrogen-bond donors (Lipinski definition) is 0. The van der Waals surface area contributed by atoms with Gasteiger partial charge in [-0.05, 0) is 42.3 Å². The molecule has 1 fully saturated rings.